The molecule has 1 aromatic rings. The van der Waals surface area contributed by atoms with Crippen molar-refractivity contribution in [2.24, 2.45) is 0 Å². The number of H-pyrrole nitrogens is 1. The van der Waals surface area contributed by atoms with Gasteiger partial charge in [0.25, 0.3) is 5.56 Å². The van der Waals surface area contributed by atoms with E-state index in [2.05, 4.69) is 15.3 Å². The molecule has 1 aromatic heterocycles. The van der Waals surface area contributed by atoms with Crippen LogP contribution in [-0.4, -0.2) is 27.0 Å². The highest BCUT2D eigenvalue weighted by Gasteiger charge is 2.09. The molecule has 0 aliphatic carbocycles. The van der Waals surface area contributed by atoms with Gasteiger partial charge in [0.05, 0.1) is 6.20 Å². The maximum Gasteiger partial charge on any atom is 0.342 e. The Bertz CT molecular complexity index is 437. The summed E-state index contributed by atoms with van der Waals surface area (Å²) in [4.78, 5) is 37.6. The summed E-state index contributed by atoms with van der Waals surface area (Å²) in [5.41, 5.74) is -1.28. The summed E-state index contributed by atoms with van der Waals surface area (Å²) in [6, 6.07) is 0. The number of hydrogen-bond donors (Lipinski definition) is 3. The van der Waals surface area contributed by atoms with Gasteiger partial charge in [-0.15, -0.1) is 0 Å². The smallest absolute Gasteiger partial charge is 0.342 e. The zero-order valence-corrected chi connectivity index (χ0v) is 7.20. The number of rotatable bonds is 2. The summed E-state index contributed by atoms with van der Waals surface area (Å²) in [5, 5.41) is 10.7. The Kier molecular flexibility index (Phi) is 2.61. The predicted octanol–water partition coefficient (Wildman–Crippen LogP) is -0.574. The van der Waals surface area contributed by atoms with E-state index in [1.54, 1.807) is 0 Å². The van der Waals surface area contributed by atoms with Crippen LogP contribution in [-0.2, 0) is 4.79 Å². The third-order valence-corrected chi connectivity index (χ3v) is 1.32. The van der Waals surface area contributed by atoms with Crippen LogP contribution < -0.4 is 10.9 Å². The minimum absolute atomic E-state index is 0.0764. The minimum atomic E-state index is -1.37. The predicted molar refractivity (Wildman–Crippen MR) is 46.1 cm³/mol. The third kappa shape index (κ3) is 2.16. The lowest BCUT2D eigenvalue weighted by Gasteiger charge is -1.99. The Hall–Kier alpha value is -2.18. The molecule has 14 heavy (non-hydrogen) atoms. The van der Waals surface area contributed by atoms with Crippen molar-refractivity contribution in [2.45, 2.75) is 6.92 Å². The van der Waals surface area contributed by atoms with Gasteiger partial charge in [0.15, 0.2) is 0 Å². The van der Waals surface area contributed by atoms with E-state index in [9.17, 15) is 14.4 Å². The highest BCUT2D eigenvalue weighted by atomic mass is 16.4. The molecule has 0 fully saturated rings. The molecule has 0 saturated heterocycles. The molecule has 1 heterocycles. The lowest BCUT2D eigenvalue weighted by Crippen LogP contribution is -2.21. The van der Waals surface area contributed by atoms with Crippen molar-refractivity contribution in [3.05, 3.63) is 22.1 Å². The van der Waals surface area contributed by atoms with Crippen molar-refractivity contribution in [1.82, 2.24) is 9.97 Å². The summed E-state index contributed by atoms with van der Waals surface area (Å²) in [6.45, 7) is 1.24. The van der Waals surface area contributed by atoms with Gasteiger partial charge in [-0.25, -0.2) is 9.78 Å². The SMILES string of the molecule is CC(=O)Nc1ncc(C(=O)O)c(=O)[nH]1. The lowest BCUT2D eigenvalue weighted by molar-refractivity contribution is -0.114. The van der Waals surface area contributed by atoms with Gasteiger partial charge in [-0.2, -0.15) is 0 Å². The van der Waals surface area contributed by atoms with Crippen LogP contribution in [0.1, 0.15) is 17.3 Å². The van der Waals surface area contributed by atoms with Crippen LogP contribution in [0.3, 0.4) is 0 Å². The van der Waals surface area contributed by atoms with Crippen LogP contribution in [0.15, 0.2) is 11.0 Å². The average Bonchev–Trinajstić information content (AvgIpc) is 2.01. The summed E-state index contributed by atoms with van der Waals surface area (Å²) in [5.74, 6) is -1.85. The van der Waals surface area contributed by atoms with Gasteiger partial charge in [-0.05, 0) is 0 Å². The Balaban J connectivity index is 3.07. The Morgan fingerprint density at radius 1 is 1.57 bits per heavy atom. The molecule has 0 radical (unpaired) electrons. The average molecular weight is 197 g/mol. The van der Waals surface area contributed by atoms with Crippen molar-refractivity contribution in [1.29, 1.82) is 0 Å². The molecule has 0 bridgehead atoms. The summed E-state index contributed by atoms with van der Waals surface area (Å²) >= 11 is 0. The van der Waals surface area contributed by atoms with Gasteiger partial charge in [0.2, 0.25) is 11.9 Å². The molecule has 0 aromatic carbocycles. The number of carbonyl (C=O) groups excluding carboxylic acids is 1. The zero-order chi connectivity index (χ0) is 10.7. The van der Waals surface area contributed by atoms with E-state index in [0.29, 0.717) is 0 Å². The molecule has 3 N–H and O–H groups in total. The molecule has 0 aliphatic rings. The number of aromatic carboxylic acids is 1. The molecule has 0 atom stereocenters. The molecule has 1 amide bonds. The second-order valence-electron chi connectivity index (χ2n) is 2.46. The number of carbonyl (C=O) groups is 2. The van der Waals surface area contributed by atoms with Crippen molar-refractivity contribution >= 4 is 17.8 Å². The summed E-state index contributed by atoms with van der Waals surface area (Å²) < 4.78 is 0. The van der Waals surface area contributed by atoms with Crippen LogP contribution in [0.5, 0.6) is 0 Å². The second kappa shape index (κ2) is 3.69. The van der Waals surface area contributed by atoms with E-state index in [-0.39, 0.29) is 5.95 Å². The topological polar surface area (TPSA) is 112 Å². The molecule has 0 saturated carbocycles. The highest BCUT2D eigenvalue weighted by molar-refractivity contribution is 5.88. The summed E-state index contributed by atoms with van der Waals surface area (Å²) in [7, 11) is 0. The minimum Gasteiger partial charge on any atom is -0.477 e. The molecule has 0 aliphatic heterocycles. The standard InChI is InChI=1S/C7H7N3O4/c1-3(11)9-7-8-2-4(6(13)14)5(12)10-7/h2H,1H3,(H,13,14)(H2,8,9,10,11,12). The quantitative estimate of drug-likeness (QED) is 0.587. The van der Waals surface area contributed by atoms with Crippen LogP contribution in [0.2, 0.25) is 0 Å². The second-order valence-corrected chi connectivity index (χ2v) is 2.46. The monoisotopic (exact) mass is 197 g/mol. The summed E-state index contributed by atoms with van der Waals surface area (Å²) in [6.07, 6.45) is 0.881. The van der Waals surface area contributed by atoms with E-state index >= 15 is 0 Å². The normalized spacial score (nSPS) is 9.50. The molecule has 74 valence electrons. The largest absolute Gasteiger partial charge is 0.477 e. The lowest BCUT2D eigenvalue weighted by atomic mass is 10.3. The molecular formula is C7H7N3O4. The first-order valence-electron chi connectivity index (χ1n) is 3.61. The number of aromatic nitrogens is 2. The fourth-order valence-corrected chi connectivity index (χ4v) is 0.777. The van der Waals surface area contributed by atoms with Crippen molar-refractivity contribution in [3.8, 4) is 0 Å². The number of carboxylic acids is 1. The van der Waals surface area contributed by atoms with E-state index in [0.717, 1.165) is 6.20 Å². The number of aromatic amines is 1. The molecule has 0 spiro atoms. The maximum absolute atomic E-state index is 11.0. The first kappa shape index (κ1) is 9.90. The zero-order valence-electron chi connectivity index (χ0n) is 7.20. The van der Waals surface area contributed by atoms with E-state index in [1.165, 1.54) is 6.92 Å². The molecule has 1 rings (SSSR count). The maximum atomic E-state index is 11.0. The first-order valence-corrected chi connectivity index (χ1v) is 3.61. The van der Waals surface area contributed by atoms with Crippen molar-refractivity contribution in [2.75, 3.05) is 5.32 Å². The number of nitrogens with zero attached hydrogens (tertiary/aromatic N) is 1. The van der Waals surface area contributed by atoms with Gasteiger partial charge >= 0.3 is 5.97 Å². The number of carboxylic acid groups (broad SMARTS) is 1. The molecule has 7 nitrogen and oxygen atoms in total. The van der Waals surface area contributed by atoms with E-state index in [1.807, 2.05) is 0 Å². The van der Waals surface area contributed by atoms with Gasteiger partial charge in [-0.3, -0.25) is 19.9 Å². The van der Waals surface area contributed by atoms with Crippen molar-refractivity contribution in [3.63, 3.8) is 0 Å². The van der Waals surface area contributed by atoms with Gasteiger partial charge < -0.3 is 5.11 Å². The molecule has 0 unspecified atom stereocenters. The van der Waals surface area contributed by atoms with Crippen LogP contribution >= 0.6 is 0 Å². The number of hydrogen-bond acceptors (Lipinski definition) is 4. The van der Waals surface area contributed by atoms with Crippen LogP contribution in [0, 0.1) is 0 Å². The Morgan fingerprint density at radius 2 is 2.21 bits per heavy atom. The molecular weight excluding hydrogens is 190 g/mol. The third-order valence-electron chi connectivity index (χ3n) is 1.32. The fraction of sp³-hybridized carbons (Fsp3) is 0.143. The Labute approximate surface area is 77.8 Å². The van der Waals surface area contributed by atoms with E-state index < -0.39 is 23.0 Å². The highest BCUT2D eigenvalue weighted by Crippen LogP contribution is 1.94. The number of nitrogens with one attached hydrogen (secondary N) is 2. The van der Waals surface area contributed by atoms with Crippen LogP contribution in [0.25, 0.3) is 0 Å². The van der Waals surface area contributed by atoms with Gasteiger partial charge in [0, 0.05) is 6.92 Å². The van der Waals surface area contributed by atoms with Crippen molar-refractivity contribution < 1.29 is 14.7 Å². The van der Waals surface area contributed by atoms with Gasteiger partial charge in [-0.1, -0.05) is 0 Å². The number of anilines is 1. The first-order chi connectivity index (χ1) is 6.50. The Morgan fingerprint density at radius 3 is 2.64 bits per heavy atom. The van der Waals surface area contributed by atoms with Crippen LogP contribution in [0.4, 0.5) is 5.95 Å². The van der Waals surface area contributed by atoms with E-state index in [4.69, 9.17) is 5.11 Å². The molecule has 7 heteroatoms. The number of amides is 1. The fourth-order valence-electron chi connectivity index (χ4n) is 0.777. The van der Waals surface area contributed by atoms with Gasteiger partial charge in [0.1, 0.15) is 5.56 Å².